The predicted molar refractivity (Wildman–Crippen MR) is 110 cm³/mol. The van der Waals surface area contributed by atoms with Gasteiger partial charge in [0.1, 0.15) is 0 Å². The molecule has 1 fully saturated rings. The van der Waals surface area contributed by atoms with Gasteiger partial charge < -0.3 is 9.47 Å². The number of amides is 1. The third-order valence-electron chi connectivity index (χ3n) is 6.28. The highest BCUT2D eigenvalue weighted by Crippen LogP contribution is 2.32. The molecule has 2 aliphatic rings. The number of benzene rings is 1. The number of aromatic nitrogens is 1. The van der Waals surface area contributed by atoms with Crippen molar-refractivity contribution in [1.82, 2.24) is 14.4 Å². The third kappa shape index (κ3) is 2.89. The van der Waals surface area contributed by atoms with Gasteiger partial charge in [-0.25, -0.2) is 0 Å². The summed E-state index contributed by atoms with van der Waals surface area (Å²) in [5.41, 5.74) is 4.73. The lowest BCUT2D eigenvalue weighted by Crippen LogP contribution is -2.49. The average Bonchev–Trinajstić information content (AvgIpc) is 3.30. The summed E-state index contributed by atoms with van der Waals surface area (Å²) < 4.78 is 2.21. The molecular formula is C22H25N3OS. The molecular weight excluding hydrogens is 354 g/mol. The van der Waals surface area contributed by atoms with Crippen LogP contribution in [0.25, 0.3) is 10.9 Å². The SMILES string of the molecule is Cn1c2c(c3ccccc31)C(=O)N(C1CCN(Cc3ccsc3)CC1)CC2. The van der Waals surface area contributed by atoms with Crippen molar-refractivity contribution in [2.75, 3.05) is 19.6 Å². The Labute approximate surface area is 164 Å². The van der Waals surface area contributed by atoms with Crippen molar-refractivity contribution in [2.45, 2.75) is 31.8 Å². The van der Waals surface area contributed by atoms with Gasteiger partial charge in [-0.2, -0.15) is 11.3 Å². The number of hydrogen-bond acceptors (Lipinski definition) is 3. The van der Waals surface area contributed by atoms with Crippen molar-refractivity contribution in [3.05, 3.63) is 57.9 Å². The van der Waals surface area contributed by atoms with Gasteiger partial charge in [-0.15, -0.1) is 0 Å². The lowest BCUT2D eigenvalue weighted by Gasteiger charge is -2.40. The van der Waals surface area contributed by atoms with Crippen LogP contribution >= 0.6 is 11.3 Å². The number of fused-ring (bicyclic) bond motifs is 3. The first kappa shape index (κ1) is 17.0. The molecule has 0 bridgehead atoms. The van der Waals surface area contributed by atoms with Crippen molar-refractivity contribution < 1.29 is 4.79 Å². The Balaban J connectivity index is 1.33. The largest absolute Gasteiger partial charge is 0.347 e. The number of nitrogens with zero attached hydrogens (tertiary/aromatic N) is 3. The molecule has 140 valence electrons. The highest BCUT2D eigenvalue weighted by atomic mass is 32.1. The van der Waals surface area contributed by atoms with Crippen molar-refractivity contribution in [1.29, 1.82) is 0 Å². The van der Waals surface area contributed by atoms with Crippen LogP contribution in [0.15, 0.2) is 41.1 Å². The van der Waals surface area contributed by atoms with Crippen LogP contribution in [0.1, 0.15) is 34.5 Å². The van der Waals surface area contributed by atoms with E-state index in [0.717, 1.165) is 56.4 Å². The first-order chi connectivity index (χ1) is 13.2. The third-order valence-corrected chi connectivity index (χ3v) is 7.01. The zero-order chi connectivity index (χ0) is 18.4. The number of carbonyl (C=O) groups is 1. The zero-order valence-corrected chi connectivity index (χ0v) is 16.5. The molecule has 0 atom stereocenters. The van der Waals surface area contributed by atoms with Crippen LogP contribution in [0, 0.1) is 0 Å². The summed E-state index contributed by atoms with van der Waals surface area (Å²) >= 11 is 1.77. The Kier molecular flexibility index (Phi) is 4.29. The minimum atomic E-state index is 0.240. The molecule has 0 unspecified atom stereocenters. The Morgan fingerprint density at radius 3 is 2.70 bits per heavy atom. The zero-order valence-electron chi connectivity index (χ0n) is 15.7. The summed E-state index contributed by atoms with van der Waals surface area (Å²) in [7, 11) is 2.09. The highest BCUT2D eigenvalue weighted by Gasteiger charge is 2.35. The van der Waals surface area contributed by atoms with Crippen LogP contribution in [0.2, 0.25) is 0 Å². The predicted octanol–water partition coefficient (Wildman–Crippen LogP) is 3.90. The summed E-state index contributed by atoms with van der Waals surface area (Å²) in [5, 5.41) is 5.50. The molecule has 0 N–H and O–H groups in total. The standard InChI is InChI=1S/C22H25N3OS/c1-23-19-5-3-2-4-18(19)21-20(23)8-12-25(22(21)26)17-6-10-24(11-7-17)14-16-9-13-27-15-16/h2-5,9,13,15,17H,6-8,10-12,14H2,1H3. The Morgan fingerprint density at radius 2 is 1.93 bits per heavy atom. The average molecular weight is 380 g/mol. The molecule has 0 saturated carbocycles. The van der Waals surface area contributed by atoms with Gasteiger partial charge in [0.25, 0.3) is 5.91 Å². The lowest BCUT2D eigenvalue weighted by molar-refractivity contribution is 0.0546. The van der Waals surface area contributed by atoms with E-state index in [4.69, 9.17) is 0 Å². The van der Waals surface area contributed by atoms with Crippen LogP contribution in [0.3, 0.4) is 0 Å². The first-order valence-corrected chi connectivity index (χ1v) is 10.8. The molecule has 4 nitrogen and oxygen atoms in total. The molecule has 2 aromatic heterocycles. The number of aryl methyl sites for hydroxylation is 1. The van der Waals surface area contributed by atoms with Crippen LogP contribution < -0.4 is 0 Å². The summed E-state index contributed by atoms with van der Waals surface area (Å²) in [4.78, 5) is 18.1. The van der Waals surface area contributed by atoms with Crippen LogP contribution in [0.5, 0.6) is 0 Å². The van der Waals surface area contributed by atoms with E-state index in [1.165, 1.54) is 16.8 Å². The second kappa shape index (κ2) is 6.80. The Bertz CT molecular complexity index is 967. The van der Waals surface area contributed by atoms with Gasteiger partial charge in [0.15, 0.2) is 0 Å². The van der Waals surface area contributed by atoms with Crippen LogP contribution in [0.4, 0.5) is 0 Å². The summed E-state index contributed by atoms with van der Waals surface area (Å²) in [5.74, 6) is 0.240. The second-order valence-corrected chi connectivity index (χ2v) is 8.57. The van der Waals surface area contributed by atoms with E-state index >= 15 is 0 Å². The lowest BCUT2D eigenvalue weighted by atomic mass is 9.97. The van der Waals surface area contributed by atoms with E-state index in [9.17, 15) is 4.79 Å². The number of likely N-dealkylation sites (tertiary alicyclic amines) is 1. The maximum absolute atomic E-state index is 13.4. The fourth-order valence-electron chi connectivity index (χ4n) is 4.83. The van der Waals surface area contributed by atoms with Gasteiger partial charge in [-0.1, -0.05) is 18.2 Å². The van der Waals surface area contributed by atoms with Crippen LogP contribution in [-0.4, -0.2) is 46.0 Å². The van der Waals surface area contributed by atoms with Crippen molar-refractivity contribution in [3.8, 4) is 0 Å². The molecule has 3 aromatic rings. The van der Waals surface area contributed by atoms with E-state index in [1.807, 2.05) is 6.07 Å². The van der Waals surface area contributed by atoms with Crippen LogP contribution in [-0.2, 0) is 20.0 Å². The van der Waals surface area contributed by atoms with Crippen molar-refractivity contribution >= 4 is 28.1 Å². The van der Waals surface area contributed by atoms with E-state index in [0.29, 0.717) is 6.04 Å². The molecule has 2 aliphatic heterocycles. The van der Waals surface area contributed by atoms with E-state index in [2.05, 4.69) is 56.4 Å². The summed E-state index contributed by atoms with van der Waals surface area (Å²) in [6.07, 6.45) is 3.12. The molecule has 4 heterocycles. The monoisotopic (exact) mass is 379 g/mol. The Morgan fingerprint density at radius 1 is 1.11 bits per heavy atom. The number of thiophene rings is 1. The van der Waals surface area contributed by atoms with E-state index in [-0.39, 0.29) is 5.91 Å². The smallest absolute Gasteiger partial charge is 0.256 e. The molecule has 0 spiro atoms. The van der Waals surface area contributed by atoms with Gasteiger partial charge in [0, 0.05) is 62.3 Å². The number of piperidine rings is 1. The maximum atomic E-state index is 13.4. The minimum absolute atomic E-state index is 0.240. The number of para-hydroxylation sites is 1. The molecule has 0 aliphatic carbocycles. The van der Waals surface area contributed by atoms with Crippen molar-refractivity contribution in [3.63, 3.8) is 0 Å². The molecule has 1 saturated heterocycles. The van der Waals surface area contributed by atoms with Gasteiger partial charge in [-0.05, 0) is 41.3 Å². The van der Waals surface area contributed by atoms with Crippen molar-refractivity contribution in [2.24, 2.45) is 7.05 Å². The summed E-state index contributed by atoms with van der Waals surface area (Å²) in [6.45, 7) is 4.04. The quantitative estimate of drug-likeness (QED) is 0.690. The second-order valence-electron chi connectivity index (χ2n) is 7.79. The molecule has 0 radical (unpaired) electrons. The first-order valence-electron chi connectivity index (χ1n) is 9.83. The minimum Gasteiger partial charge on any atom is -0.347 e. The summed E-state index contributed by atoms with van der Waals surface area (Å²) in [6, 6.07) is 10.9. The highest BCUT2D eigenvalue weighted by molar-refractivity contribution is 7.07. The van der Waals surface area contributed by atoms with Gasteiger partial charge in [0.05, 0.1) is 5.56 Å². The van der Waals surface area contributed by atoms with Gasteiger partial charge in [0.2, 0.25) is 0 Å². The number of carbonyl (C=O) groups excluding carboxylic acids is 1. The fraction of sp³-hybridized carbons (Fsp3) is 0.409. The molecule has 1 aromatic carbocycles. The van der Waals surface area contributed by atoms with Gasteiger partial charge in [-0.3, -0.25) is 9.69 Å². The molecule has 5 heteroatoms. The maximum Gasteiger partial charge on any atom is 0.256 e. The Hall–Kier alpha value is -2.11. The fourth-order valence-corrected chi connectivity index (χ4v) is 5.49. The van der Waals surface area contributed by atoms with E-state index in [1.54, 1.807) is 11.3 Å². The number of hydrogen-bond donors (Lipinski definition) is 0. The van der Waals surface area contributed by atoms with Gasteiger partial charge >= 0.3 is 0 Å². The molecule has 1 amide bonds. The molecule has 27 heavy (non-hydrogen) atoms. The number of rotatable bonds is 3. The molecule has 5 rings (SSSR count). The normalized spacial score (nSPS) is 19.0. The topological polar surface area (TPSA) is 28.5 Å². The van der Waals surface area contributed by atoms with E-state index < -0.39 is 0 Å².